The van der Waals surface area contributed by atoms with Gasteiger partial charge in [0.2, 0.25) is 11.8 Å². The fraction of sp³-hybridized carbons (Fsp3) is 0.267. The quantitative estimate of drug-likeness (QED) is 0.763. The molecule has 21 heavy (non-hydrogen) atoms. The van der Waals surface area contributed by atoms with Crippen LogP contribution in [0.15, 0.2) is 30.3 Å². The number of hydrogen-bond acceptors (Lipinski definition) is 3. The molecule has 0 aromatic heterocycles. The number of nitrogens with zero attached hydrogens (tertiary/aromatic N) is 1. The van der Waals surface area contributed by atoms with Gasteiger partial charge in [0.1, 0.15) is 0 Å². The van der Waals surface area contributed by atoms with Crippen LogP contribution in [-0.4, -0.2) is 50.3 Å². The zero-order valence-corrected chi connectivity index (χ0v) is 12.3. The Hall–Kier alpha value is -2.63. The SMILES string of the molecule is CNC(=O)CN(C)C(=O)/C=C/c1ccc(C(=O)NC)cc1. The summed E-state index contributed by atoms with van der Waals surface area (Å²) >= 11 is 0. The van der Waals surface area contributed by atoms with E-state index in [1.807, 2.05) is 0 Å². The van der Waals surface area contributed by atoms with Gasteiger partial charge in [-0.2, -0.15) is 0 Å². The highest BCUT2D eigenvalue weighted by Gasteiger charge is 2.08. The van der Waals surface area contributed by atoms with Crippen LogP contribution in [0.2, 0.25) is 0 Å². The maximum atomic E-state index is 11.8. The second-order valence-corrected chi connectivity index (χ2v) is 4.40. The molecule has 1 rings (SSSR count). The van der Waals surface area contributed by atoms with Crippen LogP contribution in [0, 0.1) is 0 Å². The second-order valence-electron chi connectivity index (χ2n) is 4.40. The first kappa shape index (κ1) is 16.4. The lowest BCUT2D eigenvalue weighted by Gasteiger charge is -2.13. The lowest BCUT2D eigenvalue weighted by atomic mass is 10.1. The minimum atomic E-state index is -0.269. The Balaban J connectivity index is 2.65. The average Bonchev–Trinajstić information content (AvgIpc) is 2.51. The summed E-state index contributed by atoms with van der Waals surface area (Å²) in [6, 6.07) is 6.84. The van der Waals surface area contributed by atoms with Crippen LogP contribution in [0.4, 0.5) is 0 Å². The van der Waals surface area contributed by atoms with Gasteiger partial charge in [0.05, 0.1) is 6.54 Å². The van der Waals surface area contributed by atoms with Crippen LogP contribution < -0.4 is 10.6 Å². The van der Waals surface area contributed by atoms with Gasteiger partial charge < -0.3 is 15.5 Å². The maximum Gasteiger partial charge on any atom is 0.251 e. The Bertz CT molecular complexity index is 550. The Morgan fingerprint density at radius 1 is 1.10 bits per heavy atom. The molecule has 1 aromatic carbocycles. The summed E-state index contributed by atoms with van der Waals surface area (Å²) in [5.41, 5.74) is 1.35. The van der Waals surface area contributed by atoms with Crippen molar-refractivity contribution in [2.75, 3.05) is 27.7 Å². The van der Waals surface area contributed by atoms with Crippen molar-refractivity contribution in [3.8, 4) is 0 Å². The average molecular weight is 289 g/mol. The van der Waals surface area contributed by atoms with E-state index in [0.717, 1.165) is 5.56 Å². The van der Waals surface area contributed by atoms with Gasteiger partial charge in [-0.3, -0.25) is 14.4 Å². The van der Waals surface area contributed by atoms with Gasteiger partial charge >= 0.3 is 0 Å². The molecular formula is C15H19N3O3. The van der Waals surface area contributed by atoms with Crippen molar-refractivity contribution in [2.24, 2.45) is 0 Å². The molecule has 0 atom stereocenters. The molecule has 0 aliphatic rings. The topological polar surface area (TPSA) is 78.5 Å². The summed E-state index contributed by atoms with van der Waals surface area (Å²) in [6.45, 7) is 0.00921. The van der Waals surface area contributed by atoms with Crippen molar-refractivity contribution in [1.82, 2.24) is 15.5 Å². The minimum Gasteiger partial charge on any atom is -0.358 e. The van der Waals surface area contributed by atoms with E-state index in [4.69, 9.17) is 0 Å². The van der Waals surface area contributed by atoms with Crippen molar-refractivity contribution in [2.45, 2.75) is 0 Å². The molecule has 0 saturated carbocycles. The van der Waals surface area contributed by atoms with E-state index < -0.39 is 0 Å². The van der Waals surface area contributed by atoms with Crippen molar-refractivity contribution >= 4 is 23.8 Å². The Kier molecular flexibility index (Phi) is 6.13. The highest BCUT2D eigenvalue weighted by molar-refractivity contribution is 5.95. The lowest BCUT2D eigenvalue weighted by Crippen LogP contribution is -2.35. The first-order valence-corrected chi connectivity index (χ1v) is 6.44. The van der Waals surface area contributed by atoms with Gasteiger partial charge in [-0.25, -0.2) is 0 Å². The summed E-state index contributed by atoms with van der Waals surface area (Å²) in [6.07, 6.45) is 3.02. The van der Waals surface area contributed by atoms with E-state index in [9.17, 15) is 14.4 Å². The summed E-state index contributed by atoms with van der Waals surface area (Å²) < 4.78 is 0. The van der Waals surface area contributed by atoms with Crippen LogP contribution >= 0.6 is 0 Å². The number of benzene rings is 1. The number of rotatable bonds is 5. The molecule has 0 aliphatic carbocycles. The molecule has 2 N–H and O–H groups in total. The molecule has 6 heteroatoms. The summed E-state index contributed by atoms with van der Waals surface area (Å²) in [5.74, 6) is -0.657. The van der Waals surface area contributed by atoms with Gasteiger partial charge in [0.25, 0.3) is 5.91 Å². The molecule has 3 amide bonds. The Morgan fingerprint density at radius 2 is 1.71 bits per heavy atom. The number of amides is 3. The van der Waals surface area contributed by atoms with E-state index in [1.165, 1.54) is 18.0 Å². The van der Waals surface area contributed by atoms with Crippen LogP contribution in [-0.2, 0) is 9.59 Å². The summed E-state index contributed by atoms with van der Waals surface area (Å²) in [4.78, 5) is 35.6. The fourth-order valence-electron chi connectivity index (χ4n) is 1.56. The predicted molar refractivity (Wildman–Crippen MR) is 80.6 cm³/mol. The molecule has 0 saturated heterocycles. The molecule has 0 spiro atoms. The molecule has 0 fully saturated rings. The van der Waals surface area contributed by atoms with Gasteiger partial charge in [-0.05, 0) is 23.8 Å². The molecular weight excluding hydrogens is 270 g/mol. The van der Waals surface area contributed by atoms with Gasteiger partial charge in [0.15, 0.2) is 0 Å². The standard InChI is InChI=1S/C15H19N3O3/c1-16-13(19)10-18(3)14(20)9-6-11-4-7-12(8-5-11)15(21)17-2/h4-9H,10H2,1-3H3,(H,16,19)(H,17,21)/b9-6+. The van der Waals surface area contributed by atoms with Crippen LogP contribution in [0.25, 0.3) is 6.08 Å². The number of carbonyl (C=O) groups excluding carboxylic acids is 3. The van der Waals surface area contributed by atoms with E-state index in [2.05, 4.69) is 10.6 Å². The molecule has 6 nitrogen and oxygen atoms in total. The third-order valence-corrected chi connectivity index (χ3v) is 2.85. The number of likely N-dealkylation sites (N-methyl/N-ethyl adjacent to an activating group) is 2. The molecule has 112 valence electrons. The maximum absolute atomic E-state index is 11.8. The third-order valence-electron chi connectivity index (χ3n) is 2.85. The van der Waals surface area contributed by atoms with E-state index in [1.54, 1.807) is 44.4 Å². The Morgan fingerprint density at radius 3 is 2.24 bits per heavy atom. The fourth-order valence-corrected chi connectivity index (χ4v) is 1.56. The monoisotopic (exact) mass is 289 g/mol. The van der Waals surface area contributed by atoms with E-state index >= 15 is 0 Å². The molecule has 0 bridgehead atoms. The zero-order chi connectivity index (χ0) is 15.8. The smallest absolute Gasteiger partial charge is 0.251 e. The molecule has 0 radical (unpaired) electrons. The van der Waals surface area contributed by atoms with Gasteiger partial charge in [-0.1, -0.05) is 12.1 Å². The number of carbonyl (C=O) groups is 3. The molecule has 1 aromatic rings. The van der Waals surface area contributed by atoms with E-state index in [0.29, 0.717) is 5.56 Å². The summed E-state index contributed by atoms with van der Waals surface area (Å²) in [5, 5.41) is 4.99. The van der Waals surface area contributed by atoms with Crippen LogP contribution in [0.3, 0.4) is 0 Å². The van der Waals surface area contributed by atoms with Gasteiger partial charge in [-0.15, -0.1) is 0 Å². The highest BCUT2D eigenvalue weighted by Crippen LogP contribution is 2.06. The van der Waals surface area contributed by atoms with Crippen LogP contribution in [0.5, 0.6) is 0 Å². The first-order valence-electron chi connectivity index (χ1n) is 6.44. The zero-order valence-electron chi connectivity index (χ0n) is 12.3. The molecule has 0 heterocycles. The Labute approximate surface area is 123 Å². The number of nitrogens with one attached hydrogen (secondary N) is 2. The summed E-state index contributed by atoms with van der Waals surface area (Å²) in [7, 11) is 4.64. The minimum absolute atomic E-state index is 0.00921. The molecule has 0 aliphatic heterocycles. The van der Waals surface area contributed by atoms with Gasteiger partial charge in [0, 0.05) is 32.8 Å². The largest absolute Gasteiger partial charge is 0.358 e. The number of hydrogen-bond donors (Lipinski definition) is 2. The highest BCUT2D eigenvalue weighted by atomic mass is 16.2. The predicted octanol–water partition coefficient (Wildman–Crippen LogP) is 0.264. The van der Waals surface area contributed by atoms with E-state index in [-0.39, 0.29) is 24.3 Å². The normalized spacial score (nSPS) is 10.2. The van der Waals surface area contributed by atoms with Crippen molar-refractivity contribution in [3.05, 3.63) is 41.5 Å². The molecule has 0 unspecified atom stereocenters. The lowest BCUT2D eigenvalue weighted by molar-refractivity contribution is -0.130. The first-order chi connectivity index (χ1) is 9.97. The van der Waals surface area contributed by atoms with Crippen molar-refractivity contribution in [1.29, 1.82) is 0 Å². The van der Waals surface area contributed by atoms with Crippen LogP contribution in [0.1, 0.15) is 15.9 Å². The van der Waals surface area contributed by atoms with Crippen molar-refractivity contribution in [3.63, 3.8) is 0 Å². The van der Waals surface area contributed by atoms with Crippen molar-refractivity contribution < 1.29 is 14.4 Å². The third kappa shape index (κ3) is 5.10. The second kappa shape index (κ2) is 7.84.